The lowest BCUT2D eigenvalue weighted by molar-refractivity contribution is -0.988. The molecule has 0 saturated carbocycles. The van der Waals surface area contributed by atoms with E-state index < -0.39 is 0 Å². The van der Waals surface area contributed by atoms with Gasteiger partial charge in [-0.2, -0.15) is 0 Å². The molecule has 3 saturated heterocycles. The van der Waals surface area contributed by atoms with E-state index >= 15 is 0 Å². The zero-order chi connectivity index (χ0) is 12.8. The molecular formula is C16H33N2+. The molecule has 0 aromatic heterocycles. The van der Waals surface area contributed by atoms with Gasteiger partial charge in [-0.1, -0.05) is 26.7 Å². The van der Waals surface area contributed by atoms with Gasteiger partial charge in [-0.25, -0.2) is 0 Å². The summed E-state index contributed by atoms with van der Waals surface area (Å²) in [5.74, 6) is 0.966. The van der Waals surface area contributed by atoms with Crippen molar-refractivity contribution in [3.05, 3.63) is 0 Å². The fourth-order valence-corrected chi connectivity index (χ4v) is 4.13. The zero-order valence-electron chi connectivity index (χ0n) is 12.6. The van der Waals surface area contributed by atoms with Crippen molar-refractivity contribution in [2.24, 2.45) is 5.92 Å². The molecule has 3 aliphatic rings. The van der Waals surface area contributed by atoms with Crippen LogP contribution in [0.2, 0.25) is 0 Å². The lowest BCUT2D eigenvalue weighted by Crippen LogP contribution is -3.25. The van der Waals surface area contributed by atoms with E-state index in [-0.39, 0.29) is 0 Å². The van der Waals surface area contributed by atoms with Crippen molar-refractivity contribution in [2.75, 3.05) is 26.2 Å². The van der Waals surface area contributed by atoms with E-state index in [1.165, 1.54) is 77.5 Å². The van der Waals surface area contributed by atoms with Gasteiger partial charge in [-0.15, -0.1) is 0 Å². The van der Waals surface area contributed by atoms with Crippen LogP contribution >= 0.6 is 0 Å². The molecule has 3 atom stereocenters. The van der Waals surface area contributed by atoms with E-state index in [1.807, 2.05) is 4.90 Å². The molecule has 2 N–H and O–H groups in total. The number of hydrogen-bond donors (Lipinski definition) is 2. The van der Waals surface area contributed by atoms with Gasteiger partial charge in [0, 0.05) is 18.8 Å². The molecule has 0 amide bonds. The highest BCUT2D eigenvalue weighted by Crippen LogP contribution is 2.33. The van der Waals surface area contributed by atoms with Gasteiger partial charge in [0.1, 0.15) is 5.54 Å². The van der Waals surface area contributed by atoms with Crippen LogP contribution < -0.4 is 10.2 Å². The van der Waals surface area contributed by atoms with Gasteiger partial charge in [0.05, 0.1) is 19.5 Å². The maximum absolute atomic E-state index is 3.35. The Hall–Kier alpha value is -0.0800. The Balaban J connectivity index is 0.000000149. The monoisotopic (exact) mass is 253 g/mol. The van der Waals surface area contributed by atoms with Crippen molar-refractivity contribution < 1.29 is 4.90 Å². The third-order valence-electron chi connectivity index (χ3n) is 5.69. The van der Waals surface area contributed by atoms with Gasteiger partial charge in [-0.3, -0.25) is 0 Å². The molecule has 0 aromatic carbocycles. The minimum atomic E-state index is 0.759. The Bertz CT molecular complexity index is 222. The quantitative estimate of drug-likeness (QED) is 0.769. The average molecular weight is 253 g/mol. The lowest BCUT2D eigenvalue weighted by atomic mass is 9.73. The van der Waals surface area contributed by atoms with Gasteiger partial charge < -0.3 is 10.2 Å². The first-order chi connectivity index (χ1) is 8.79. The van der Waals surface area contributed by atoms with Gasteiger partial charge in [0.25, 0.3) is 0 Å². The van der Waals surface area contributed by atoms with Crippen LogP contribution in [0, 0.1) is 5.92 Å². The Kier molecular flexibility index (Phi) is 5.50. The number of hydrogen-bond acceptors (Lipinski definition) is 1. The van der Waals surface area contributed by atoms with Crippen molar-refractivity contribution in [1.29, 1.82) is 0 Å². The van der Waals surface area contributed by atoms with Crippen LogP contribution in [-0.4, -0.2) is 31.7 Å². The van der Waals surface area contributed by atoms with E-state index in [0.717, 1.165) is 11.5 Å². The predicted molar refractivity (Wildman–Crippen MR) is 78.1 cm³/mol. The minimum Gasteiger partial charge on any atom is -0.329 e. The molecule has 0 spiro atoms. The molecule has 0 aliphatic carbocycles. The molecule has 106 valence electrons. The van der Waals surface area contributed by atoms with E-state index in [2.05, 4.69) is 19.2 Å². The summed E-state index contributed by atoms with van der Waals surface area (Å²) in [6, 6.07) is 0. The molecule has 0 bridgehead atoms. The molecule has 2 heteroatoms. The summed E-state index contributed by atoms with van der Waals surface area (Å²) in [5.41, 5.74) is 0.759. The first kappa shape index (κ1) is 14.3. The largest absolute Gasteiger partial charge is 0.329 e. The van der Waals surface area contributed by atoms with E-state index in [9.17, 15) is 0 Å². The van der Waals surface area contributed by atoms with Crippen molar-refractivity contribution in [3.8, 4) is 0 Å². The van der Waals surface area contributed by atoms with E-state index in [0.29, 0.717) is 0 Å². The normalized spacial score (nSPS) is 36.7. The van der Waals surface area contributed by atoms with Crippen molar-refractivity contribution in [2.45, 2.75) is 70.8 Å². The van der Waals surface area contributed by atoms with Crippen molar-refractivity contribution >= 4 is 0 Å². The maximum atomic E-state index is 3.35. The molecule has 3 heterocycles. The van der Waals surface area contributed by atoms with Gasteiger partial charge in [0.2, 0.25) is 0 Å². The molecule has 3 fully saturated rings. The number of rotatable bonds is 2. The summed E-state index contributed by atoms with van der Waals surface area (Å²) in [4.78, 5) is 1.92. The van der Waals surface area contributed by atoms with Crippen LogP contribution in [0.5, 0.6) is 0 Å². The summed E-state index contributed by atoms with van der Waals surface area (Å²) < 4.78 is 0. The fourth-order valence-electron chi connectivity index (χ4n) is 4.13. The highest BCUT2D eigenvalue weighted by molar-refractivity contribution is 4.92. The lowest BCUT2D eigenvalue weighted by Gasteiger charge is -2.48. The number of nitrogens with one attached hydrogen (secondary N) is 2. The van der Waals surface area contributed by atoms with Gasteiger partial charge >= 0.3 is 0 Å². The second-order valence-electron chi connectivity index (χ2n) is 6.59. The van der Waals surface area contributed by atoms with Crippen LogP contribution in [0.15, 0.2) is 0 Å². The third-order valence-corrected chi connectivity index (χ3v) is 5.69. The van der Waals surface area contributed by atoms with Crippen molar-refractivity contribution in [1.82, 2.24) is 5.32 Å². The first-order valence-electron chi connectivity index (χ1n) is 8.35. The number of fused-ring (bicyclic) bond motifs is 1. The smallest absolute Gasteiger partial charge is 0.106 e. The van der Waals surface area contributed by atoms with Crippen molar-refractivity contribution in [3.63, 3.8) is 0 Å². The van der Waals surface area contributed by atoms with Crippen LogP contribution in [0.25, 0.3) is 0 Å². The van der Waals surface area contributed by atoms with Gasteiger partial charge in [-0.05, 0) is 32.4 Å². The maximum Gasteiger partial charge on any atom is 0.106 e. The topological polar surface area (TPSA) is 16.5 Å². The van der Waals surface area contributed by atoms with Crippen LogP contribution in [-0.2, 0) is 0 Å². The Morgan fingerprint density at radius 1 is 1.00 bits per heavy atom. The highest BCUT2D eigenvalue weighted by atomic mass is 15.3. The Morgan fingerprint density at radius 2 is 1.72 bits per heavy atom. The number of quaternary nitrogens is 1. The zero-order valence-corrected chi connectivity index (χ0v) is 12.6. The molecule has 18 heavy (non-hydrogen) atoms. The first-order valence-corrected chi connectivity index (χ1v) is 8.35. The summed E-state index contributed by atoms with van der Waals surface area (Å²) in [7, 11) is 0. The highest BCUT2D eigenvalue weighted by Gasteiger charge is 2.55. The molecule has 3 rings (SSSR count). The second-order valence-corrected chi connectivity index (χ2v) is 6.59. The van der Waals surface area contributed by atoms with Gasteiger partial charge in [0.15, 0.2) is 0 Å². The van der Waals surface area contributed by atoms with Crippen LogP contribution in [0.3, 0.4) is 0 Å². The molecular weight excluding hydrogens is 220 g/mol. The summed E-state index contributed by atoms with van der Waals surface area (Å²) >= 11 is 0. The molecule has 0 radical (unpaired) electrons. The van der Waals surface area contributed by atoms with E-state index in [4.69, 9.17) is 0 Å². The molecule has 3 unspecified atom stereocenters. The Labute approximate surface area is 114 Å². The average Bonchev–Trinajstić information content (AvgIpc) is 2.63. The predicted octanol–water partition coefficient (Wildman–Crippen LogP) is 2.00. The molecule has 2 nitrogen and oxygen atoms in total. The minimum absolute atomic E-state index is 0.759. The summed E-state index contributed by atoms with van der Waals surface area (Å²) in [6.45, 7) is 10.2. The second kappa shape index (κ2) is 6.91. The van der Waals surface area contributed by atoms with E-state index in [1.54, 1.807) is 0 Å². The van der Waals surface area contributed by atoms with Crippen LogP contribution in [0.4, 0.5) is 0 Å². The summed E-state index contributed by atoms with van der Waals surface area (Å²) in [6.07, 6.45) is 11.5. The summed E-state index contributed by atoms with van der Waals surface area (Å²) in [5, 5.41) is 3.35. The third kappa shape index (κ3) is 3.08. The fraction of sp³-hybridized carbons (Fsp3) is 1.00. The van der Waals surface area contributed by atoms with Crippen LogP contribution in [0.1, 0.15) is 65.2 Å². The molecule has 0 aromatic rings. The standard InChI is InChI=1S/C10H19N.C6H13N/c1-3-9(2)10-5-4-7-11(10)8-6-10;1-2-4-6-7-5-3-1/h9H,3-8H2,1-2H3;7H,1-6H2/p+1. The Morgan fingerprint density at radius 3 is 2.22 bits per heavy atom. The molecule has 3 aliphatic heterocycles. The SMILES string of the molecule is C1CCCNCC1.CCC(C)C12CCC[NH+]1CC2.